The van der Waals surface area contributed by atoms with Crippen molar-refractivity contribution in [3.8, 4) is 11.5 Å². The van der Waals surface area contributed by atoms with Crippen LogP contribution in [0.15, 0.2) is 42.5 Å². The second-order valence-corrected chi connectivity index (χ2v) is 4.61. The molecule has 0 heterocycles. The summed E-state index contributed by atoms with van der Waals surface area (Å²) in [4.78, 5) is 0. The minimum absolute atomic E-state index is 0. The fourth-order valence-corrected chi connectivity index (χ4v) is 2.04. The summed E-state index contributed by atoms with van der Waals surface area (Å²) in [5.74, 6) is 2.25. The molecule has 0 aliphatic heterocycles. The van der Waals surface area contributed by atoms with Crippen LogP contribution in [0.25, 0.3) is 0 Å². The zero-order chi connectivity index (χ0) is 13.0. The predicted molar refractivity (Wildman–Crippen MR) is 75.2 cm³/mol. The molecule has 19 heavy (non-hydrogen) atoms. The van der Waals surface area contributed by atoms with Crippen LogP contribution < -0.4 is 4.74 Å². The molecule has 0 radical (unpaired) electrons. The van der Waals surface area contributed by atoms with E-state index in [0.717, 1.165) is 17.9 Å². The second kappa shape index (κ2) is 7.78. The first-order valence-corrected chi connectivity index (χ1v) is 6.46. The molecule has 2 aromatic carbocycles. The van der Waals surface area contributed by atoms with Gasteiger partial charge in [0.15, 0.2) is 0 Å². The first-order valence-electron chi connectivity index (χ1n) is 6.46. The first kappa shape index (κ1) is 16.3. The van der Waals surface area contributed by atoms with Crippen LogP contribution in [0.1, 0.15) is 37.3 Å². The monoisotopic (exact) mass is 477 g/mol. The molecule has 0 saturated carbocycles. The third-order valence-electron chi connectivity index (χ3n) is 3.36. The van der Waals surface area contributed by atoms with Gasteiger partial charge in [0, 0.05) is 36.9 Å². The molecule has 0 fully saturated rings. The standard InChI is InChI=1S/C17H19O.U/c1-4-13(2)16-11-8-12-17(14(16)3)18-15-9-6-5-7-10-15;/h5-11,13H,4H2,1-3H3;/q-1;/t13-;/m1./s1. The molecule has 0 spiro atoms. The second-order valence-electron chi connectivity index (χ2n) is 4.61. The summed E-state index contributed by atoms with van der Waals surface area (Å²) in [6.45, 7) is 6.56. The van der Waals surface area contributed by atoms with Crippen molar-refractivity contribution in [2.45, 2.75) is 33.1 Å². The Hall–Kier alpha value is -0.708. The zero-order valence-electron chi connectivity index (χ0n) is 11.7. The Bertz CT molecular complexity index is 508. The van der Waals surface area contributed by atoms with E-state index in [1.807, 2.05) is 36.4 Å². The number of para-hydroxylation sites is 1. The smallest absolute Gasteiger partial charge is 0.124 e. The molecule has 98 valence electrons. The molecule has 0 bridgehead atoms. The van der Waals surface area contributed by atoms with Gasteiger partial charge in [-0.25, -0.2) is 0 Å². The molecule has 0 unspecified atom stereocenters. The molecule has 2 rings (SSSR count). The minimum atomic E-state index is 0. The van der Waals surface area contributed by atoms with Gasteiger partial charge in [-0.05, 0) is 18.1 Å². The number of benzene rings is 2. The third-order valence-corrected chi connectivity index (χ3v) is 3.36. The van der Waals surface area contributed by atoms with Gasteiger partial charge in [0.25, 0.3) is 0 Å². The van der Waals surface area contributed by atoms with E-state index in [0.29, 0.717) is 5.92 Å². The van der Waals surface area contributed by atoms with E-state index in [2.05, 4.69) is 32.9 Å². The van der Waals surface area contributed by atoms with Crippen molar-refractivity contribution in [1.29, 1.82) is 0 Å². The van der Waals surface area contributed by atoms with Crippen LogP contribution in [-0.2, 0) is 0 Å². The van der Waals surface area contributed by atoms with Crippen molar-refractivity contribution in [3.63, 3.8) is 0 Å². The summed E-state index contributed by atoms with van der Waals surface area (Å²) in [5.41, 5.74) is 2.54. The van der Waals surface area contributed by atoms with Gasteiger partial charge >= 0.3 is 0 Å². The number of hydrogen-bond donors (Lipinski definition) is 0. The Kier molecular flexibility index (Phi) is 6.69. The van der Waals surface area contributed by atoms with Crippen LogP contribution >= 0.6 is 0 Å². The summed E-state index contributed by atoms with van der Waals surface area (Å²) in [6, 6.07) is 17.1. The van der Waals surface area contributed by atoms with Gasteiger partial charge in [-0.1, -0.05) is 45.4 Å². The molecule has 0 N–H and O–H groups in total. The number of hydrogen-bond acceptors (Lipinski definition) is 1. The molecule has 2 heteroatoms. The quantitative estimate of drug-likeness (QED) is 0.557. The van der Waals surface area contributed by atoms with Crippen LogP contribution in [0.5, 0.6) is 11.5 Å². The van der Waals surface area contributed by atoms with Crippen molar-refractivity contribution < 1.29 is 35.9 Å². The summed E-state index contributed by atoms with van der Waals surface area (Å²) in [5, 5.41) is 0. The Morgan fingerprint density at radius 2 is 1.84 bits per heavy atom. The van der Waals surface area contributed by atoms with E-state index in [9.17, 15) is 0 Å². The molecule has 0 aliphatic carbocycles. The van der Waals surface area contributed by atoms with Crippen LogP contribution in [-0.4, -0.2) is 0 Å². The normalized spacial score (nSPS) is 11.5. The fraction of sp³-hybridized carbons (Fsp3) is 0.294. The van der Waals surface area contributed by atoms with Gasteiger partial charge in [-0.15, -0.1) is 17.2 Å². The van der Waals surface area contributed by atoms with E-state index < -0.39 is 0 Å². The Morgan fingerprint density at radius 1 is 1.16 bits per heavy atom. The molecule has 0 amide bonds. The average Bonchev–Trinajstić information content (AvgIpc) is 2.41. The summed E-state index contributed by atoms with van der Waals surface area (Å²) in [6.07, 6.45) is 1.13. The summed E-state index contributed by atoms with van der Waals surface area (Å²) in [7, 11) is 0. The molecule has 1 atom stereocenters. The maximum atomic E-state index is 5.89. The molecule has 0 aromatic heterocycles. The molecule has 1 nitrogen and oxygen atoms in total. The Labute approximate surface area is 139 Å². The Balaban J connectivity index is 0.00000180. The number of rotatable bonds is 4. The molecular weight excluding hydrogens is 458 g/mol. The van der Waals surface area contributed by atoms with Gasteiger partial charge in [-0.3, -0.25) is 0 Å². The van der Waals surface area contributed by atoms with Crippen molar-refractivity contribution >= 4 is 0 Å². The van der Waals surface area contributed by atoms with Crippen molar-refractivity contribution in [2.24, 2.45) is 0 Å². The minimum Gasteiger partial charge on any atom is -0.483 e. The van der Waals surface area contributed by atoms with E-state index in [-0.39, 0.29) is 31.1 Å². The van der Waals surface area contributed by atoms with Crippen molar-refractivity contribution in [1.82, 2.24) is 0 Å². The summed E-state index contributed by atoms with van der Waals surface area (Å²) >= 11 is 0. The topological polar surface area (TPSA) is 9.23 Å². The van der Waals surface area contributed by atoms with Crippen molar-refractivity contribution in [2.75, 3.05) is 0 Å². The number of ether oxygens (including phenoxy) is 1. The maximum Gasteiger partial charge on any atom is 0.124 e. The largest absolute Gasteiger partial charge is 0.483 e. The van der Waals surface area contributed by atoms with Gasteiger partial charge in [0.2, 0.25) is 0 Å². The molecule has 0 aliphatic rings. The van der Waals surface area contributed by atoms with E-state index in [1.165, 1.54) is 11.1 Å². The van der Waals surface area contributed by atoms with Crippen LogP contribution in [0.4, 0.5) is 0 Å². The van der Waals surface area contributed by atoms with E-state index in [4.69, 9.17) is 4.74 Å². The zero-order valence-corrected chi connectivity index (χ0v) is 15.9. The first-order chi connectivity index (χ1) is 8.72. The van der Waals surface area contributed by atoms with Crippen molar-refractivity contribution in [3.05, 3.63) is 59.7 Å². The van der Waals surface area contributed by atoms with Gasteiger partial charge in [0.05, 0.1) is 0 Å². The van der Waals surface area contributed by atoms with Gasteiger partial charge in [-0.2, -0.15) is 12.1 Å². The predicted octanol–water partition coefficient (Wildman–Crippen LogP) is 5.10. The SMILES string of the molecule is CC[C@@H](C)c1cc[c-]c(Oc2ccccc2)c1C.[U]. The van der Waals surface area contributed by atoms with Crippen LogP contribution in [0, 0.1) is 44.1 Å². The Morgan fingerprint density at radius 3 is 2.47 bits per heavy atom. The molecular formula is C17H19OU-. The summed E-state index contributed by atoms with van der Waals surface area (Å²) < 4.78 is 5.89. The van der Waals surface area contributed by atoms with E-state index in [1.54, 1.807) is 0 Å². The van der Waals surface area contributed by atoms with Crippen LogP contribution in [0.3, 0.4) is 0 Å². The average molecular weight is 477 g/mol. The molecule has 0 saturated heterocycles. The van der Waals surface area contributed by atoms with Gasteiger partial charge in [0.1, 0.15) is 5.75 Å². The maximum absolute atomic E-state index is 5.89. The fourth-order valence-electron chi connectivity index (χ4n) is 2.04. The van der Waals surface area contributed by atoms with Gasteiger partial charge < -0.3 is 4.74 Å². The third kappa shape index (κ3) is 4.13. The molecule has 2 aromatic rings. The van der Waals surface area contributed by atoms with E-state index >= 15 is 0 Å². The van der Waals surface area contributed by atoms with Crippen LogP contribution in [0.2, 0.25) is 0 Å².